The second kappa shape index (κ2) is 5.06. The minimum absolute atomic E-state index is 0.128. The van der Waals surface area contributed by atoms with E-state index in [1.807, 2.05) is 42.5 Å². The highest BCUT2D eigenvalue weighted by Crippen LogP contribution is 2.26. The van der Waals surface area contributed by atoms with Gasteiger partial charge in [-0.25, -0.2) is 4.79 Å². The second-order valence-corrected chi connectivity index (χ2v) is 4.27. The van der Waals surface area contributed by atoms with Gasteiger partial charge in [0.25, 0.3) is 0 Å². The fourth-order valence-corrected chi connectivity index (χ4v) is 1.82. The second-order valence-electron chi connectivity index (χ2n) is 4.27. The van der Waals surface area contributed by atoms with Gasteiger partial charge in [0.2, 0.25) is 0 Å². The first-order valence-electron chi connectivity index (χ1n) is 5.68. The molecule has 4 heteroatoms. The van der Waals surface area contributed by atoms with Gasteiger partial charge in [-0.1, -0.05) is 42.5 Å². The van der Waals surface area contributed by atoms with Gasteiger partial charge in [-0.05, 0) is 17.2 Å². The number of hydrogen-bond donors (Lipinski definition) is 2. The summed E-state index contributed by atoms with van der Waals surface area (Å²) < 4.78 is 4.63. The van der Waals surface area contributed by atoms with Crippen molar-refractivity contribution in [2.24, 2.45) is 5.73 Å². The number of aliphatic hydroxyl groups is 1. The summed E-state index contributed by atoms with van der Waals surface area (Å²) in [6.07, 6.45) is 4.89. The van der Waals surface area contributed by atoms with E-state index in [4.69, 9.17) is 5.73 Å². The molecule has 0 aromatic heterocycles. The zero-order chi connectivity index (χ0) is 13.0. The van der Waals surface area contributed by atoms with Gasteiger partial charge in [0.05, 0.1) is 0 Å². The third-order valence-electron chi connectivity index (χ3n) is 2.82. The Morgan fingerprint density at radius 1 is 1.39 bits per heavy atom. The average molecular weight is 245 g/mol. The van der Waals surface area contributed by atoms with Crippen molar-refractivity contribution < 1.29 is 14.6 Å². The van der Waals surface area contributed by atoms with E-state index in [1.54, 1.807) is 6.08 Å². The molecule has 4 nitrogen and oxygen atoms in total. The van der Waals surface area contributed by atoms with Crippen LogP contribution in [-0.2, 0) is 4.74 Å². The number of carbonyl (C=O) groups is 1. The van der Waals surface area contributed by atoms with Crippen LogP contribution in [0.2, 0.25) is 0 Å². The summed E-state index contributed by atoms with van der Waals surface area (Å²) in [5.74, 6) is 0. The number of carbonyl (C=O) groups excluding carboxylic acids is 1. The summed E-state index contributed by atoms with van der Waals surface area (Å²) in [5, 5.41) is 10.1. The maximum absolute atomic E-state index is 10.5. The summed E-state index contributed by atoms with van der Waals surface area (Å²) in [5.41, 5.74) is 5.85. The topological polar surface area (TPSA) is 72.6 Å². The highest BCUT2D eigenvalue weighted by molar-refractivity contribution is 5.75. The van der Waals surface area contributed by atoms with Crippen molar-refractivity contribution in [2.45, 2.75) is 12.0 Å². The molecule has 0 bridgehead atoms. The molecule has 1 aromatic carbocycles. The fraction of sp³-hybridized carbons (Fsp3) is 0.214. The van der Waals surface area contributed by atoms with E-state index in [2.05, 4.69) is 4.74 Å². The molecule has 18 heavy (non-hydrogen) atoms. The molecule has 1 atom stereocenters. The van der Waals surface area contributed by atoms with E-state index in [0.717, 1.165) is 11.1 Å². The number of allylic oxidation sites excluding steroid dienone is 2. The highest BCUT2D eigenvalue weighted by Gasteiger charge is 2.26. The van der Waals surface area contributed by atoms with Crippen molar-refractivity contribution in [3.8, 4) is 0 Å². The molecule has 2 rings (SSSR count). The van der Waals surface area contributed by atoms with Crippen molar-refractivity contribution in [3.05, 3.63) is 54.1 Å². The lowest BCUT2D eigenvalue weighted by molar-refractivity contribution is 0.0192. The van der Waals surface area contributed by atoms with E-state index in [-0.39, 0.29) is 6.61 Å². The predicted molar refractivity (Wildman–Crippen MR) is 68.7 cm³/mol. The molecule has 1 aliphatic carbocycles. The van der Waals surface area contributed by atoms with E-state index in [0.29, 0.717) is 6.42 Å². The first kappa shape index (κ1) is 12.4. The number of amides is 1. The number of ether oxygens (including phenoxy) is 1. The summed E-state index contributed by atoms with van der Waals surface area (Å²) in [4.78, 5) is 10.5. The van der Waals surface area contributed by atoms with Gasteiger partial charge < -0.3 is 15.6 Å². The highest BCUT2D eigenvalue weighted by atomic mass is 16.6. The van der Waals surface area contributed by atoms with Gasteiger partial charge in [-0.2, -0.15) is 0 Å². The summed E-state index contributed by atoms with van der Waals surface area (Å²) in [6.45, 7) is -0.128. The molecule has 1 unspecified atom stereocenters. The van der Waals surface area contributed by atoms with Gasteiger partial charge in [-0.3, -0.25) is 0 Å². The Kier molecular flexibility index (Phi) is 3.48. The van der Waals surface area contributed by atoms with Crippen LogP contribution in [0.5, 0.6) is 0 Å². The van der Waals surface area contributed by atoms with E-state index >= 15 is 0 Å². The molecule has 3 N–H and O–H groups in total. The Bertz CT molecular complexity index is 493. The lowest BCUT2D eigenvalue weighted by atomic mass is 9.90. The molecule has 0 fully saturated rings. The van der Waals surface area contributed by atoms with Crippen molar-refractivity contribution in [3.63, 3.8) is 0 Å². The number of nitrogens with two attached hydrogens (primary N) is 1. The van der Waals surface area contributed by atoms with Crippen LogP contribution in [0.1, 0.15) is 12.0 Å². The maximum Gasteiger partial charge on any atom is 0.404 e. The molecular weight excluding hydrogens is 230 g/mol. The Morgan fingerprint density at radius 3 is 2.67 bits per heavy atom. The first-order chi connectivity index (χ1) is 8.59. The van der Waals surface area contributed by atoms with Crippen LogP contribution in [-0.4, -0.2) is 23.4 Å². The molecule has 1 aliphatic rings. The molecule has 0 heterocycles. The smallest absolute Gasteiger partial charge is 0.404 e. The Hall–Kier alpha value is -2.07. The molecule has 94 valence electrons. The lowest BCUT2D eigenvalue weighted by Gasteiger charge is -2.25. The third kappa shape index (κ3) is 2.99. The zero-order valence-electron chi connectivity index (χ0n) is 9.87. The van der Waals surface area contributed by atoms with Crippen LogP contribution in [0.3, 0.4) is 0 Å². The number of benzene rings is 1. The zero-order valence-corrected chi connectivity index (χ0v) is 9.87. The molecule has 1 amide bonds. The minimum Gasteiger partial charge on any atom is -0.446 e. The standard InChI is InChI=1S/C14H15NO3/c15-13(16)18-10-14(17)8-6-12(7-9-14)11-4-2-1-3-5-11/h1-8,17H,9-10H2,(H2,15,16). The van der Waals surface area contributed by atoms with Gasteiger partial charge in [0, 0.05) is 6.42 Å². The largest absolute Gasteiger partial charge is 0.446 e. The van der Waals surface area contributed by atoms with Gasteiger partial charge >= 0.3 is 6.09 Å². The Balaban J connectivity index is 2.05. The fourth-order valence-electron chi connectivity index (χ4n) is 1.82. The lowest BCUT2D eigenvalue weighted by Crippen LogP contribution is -2.35. The summed E-state index contributed by atoms with van der Waals surface area (Å²) in [6, 6.07) is 9.87. The van der Waals surface area contributed by atoms with Gasteiger partial charge in [0.15, 0.2) is 0 Å². The quantitative estimate of drug-likeness (QED) is 0.853. The third-order valence-corrected chi connectivity index (χ3v) is 2.82. The SMILES string of the molecule is NC(=O)OCC1(O)C=CC(c2ccccc2)=CC1. The molecule has 0 saturated heterocycles. The molecule has 0 aliphatic heterocycles. The van der Waals surface area contributed by atoms with E-state index < -0.39 is 11.7 Å². The Labute approximate surface area is 105 Å². The average Bonchev–Trinajstić information content (AvgIpc) is 2.39. The summed E-state index contributed by atoms with van der Waals surface area (Å²) >= 11 is 0. The normalized spacial score (nSPS) is 22.4. The van der Waals surface area contributed by atoms with Crippen LogP contribution in [0.4, 0.5) is 4.79 Å². The van der Waals surface area contributed by atoms with Crippen LogP contribution in [0, 0.1) is 0 Å². The molecule has 0 radical (unpaired) electrons. The number of primary amides is 1. The minimum atomic E-state index is -1.16. The maximum atomic E-state index is 10.5. The molecule has 0 spiro atoms. The van der Waals surface area contributed by atoms with E-state index in [1.165, 1.54) is 0 Å². The molecule has 1 aromatic rings. The van der Waals surface area contributed by atoms with Crippen LogP contribution in [0.25, 0.3) is 5.57 Å². The summed E-state index contributed by atoms with van der Waals surface area (Å²) in [7, 11) is 0. The van der Waals surface area contributed by atoms with Crippen molar-refractivity contribution >= 4 is 11.7 Å². The molecule has 0 saturated carbocycles. The van der Waals surface area contributed by atoms with E-state index in [9.17, 15) is 9.90 Å². The van der Waals surface area contributed by atoms with Crippen LogP contribution < -0.4 is 5.73 Å². The van der Waals surface area contributed by atoms with Gasteiger partial charge in [-0.15, -0.1) is 0 Å². The predicted octanol–water partition coefficient (Wildman–Crippen LogP) is 1.86. The first-order valence-corrected chi connectivity index (χ1v) is 5.68. The monoisotopic (exact) mass is 245 g/mol. The van der Waals surface area contributed by atoms with Crippen LogP contribution >= 0.6 is 0 Å². The Morgan fingerprint density at radius 2 is 2.11 bits per heavy atom. The van der Waals surface area contributed by atoms with Crippen LogP contribution in [0.15, 0.2) is 48.6 Å². The number of hydrogen-bond acceptors (Lipinski definition) is 3. The van der Waals surface area contributed by atoms with Crippen molar-refractivity contribution in [1.29, 1.82) is 0 Å². The van der Waals surface area contributed by atoms with Crippen molar-refractivity contribution in [2.75, 3.05) is 6.61 Å². The molecular formula is C14H15NO3. The van der Waals surface area contributed by atoms with Gasteiger partial charge in [0.1, 0.15) is 12.2 Å². The van der Waals surface area contributed by atoms with Crippen molar-refractivity contribution in [1.82, 2.24) is 0 Å². The number of rotatable bonds is 3.